The molecule has 4 nitrogen and oxygen atoms in total. The number of carbonyl (C=O) groups is 1. The highest BCUT2D eigenvalue weighted by atomic mass is 32.2. The maximum atomic E-state index is 12.6. The molecule has 0 unspecified atom stereocenters. The number of ether oxygens (including phenoxy) is 2. The van der Waals surface area contributed by atoms with Crippen molar-refractivity contribution in [1.29, 1.82) is 5.26 Å². The van der Waals surface area contributed by atoms with Crippen molar-refractivity contribution >= 4 is 16.9 Å². The predicted molar refractivity (Wildman–Crippen MR) is 151 cm³/mol. The van der Waals surface area contributed by atoms with Gasteiger partial charge in [-0.05, 0) is 80.8 Å². The van der Waals surface area contributed by atoms with Crippen LogP contribution in [-0.4, -0.2) is 12.6 Å². The zero-order valence-corrected chi connectivity index (χ0v) is 23.0. The zero-order chi connectivity index (χ0) is 27.1. The number of nitrogens with zero attached hydrogens (tertiary/aromatic N) is 1. The number of hydrogen-bond acceptors (Lipinski definition) is 4. The van der Waals surface area contributed by atoms with Crippen molar-refractivity contribution < 1.29 is 14.3 Å². The van der Waals surface area contributed by atoms with Crippen molar-refractivity contribution in [2.75, 3.05) is 6.61 Å². The summed E-state index contributed by atoms with van der Waals surface area (Å²) in [6.45, 7) is 8.02. The van der Waals surface area contributed by atoms with Gasteiger partial charge in [0.1, 0.15) is 11.4 Å². The predicted octanol–water partition coefficient (Wildman–Crippen LogP) is 7.52. The molecule has 38 heavy (non-hydrogen) atoms. The average Bonchev–Trinajstić information content (AvgIpc) is 2.91. The van der Waals surface area contributed by atoms with E-state index in [9.17, 15) is 4.79 Å². The van der Waals surface area contributed by atoms with E-state index in [4.69, 9.17) is 14.7 Å². The minimum atomic E-state index is -0.802. The first-order chi connectivity index (χ1) is 18.3. The molecule has 0 radical (unpaired) electrons. The summed E-state index contributed by atoms with van der Waals surface area (Å²) in [5, 5.41) is 9.00. The molecule has 0 fully saturated rings. The summed E-state index contributed by atoms with van der Waals surface area (Å²) >= 11 is 0. The summed E-state index contributed by atoms with van der Waals surface area (Å²) in [5.41, 5.74) is 2.68. The van der Waals surface area contributed by atoms with Crippen molar-refractivity contribution in [1.82, 2.24) is 0 Å². The van der Waals surface area contributed by atoms with E-state index in [-0.39, 0.29) is 29.9 Å². The van der Waals surface area contributed by atoms with Gasteiger partial charge in [0.05, 0.1) is 35.6 Å². The van der Waals surface area contributed by atoms with Gasteiger partial charge in [0, 0.05) is 12.1 Å². The molecule has 0 saturated carbocycles. The summed E-state index contributed by atoms with van der Waals surface area (Å²) in [7, 11) is -0.236. The van der Waals surface area contributed by atoms with Crippen LogP contribution in [-0.2, 0) is 26.0 Å². The van der Waals surface area contributed by atoms with E-state index in [1.807, 2.05) is 38.1 Å². The summed E-state index contributed by atoms with van der Waals surface area (Å²) in [4.78, 5) is 16.4. The summed E-state index contributed by atoms with van der Waals surface area (Å²) in [6, 6.07) is 34.7. The van der Waals surface area contributed by atoms with Crippen LogP contribution in [0.15, 0.2) is 112 Å². The van der Waals surface area contributed by atoms with Crippen molar-refractivity contribution in [2.45, 2.75) is 54.4 Å². The van der Waals surface area contributed by atoms with Gasteiger partial charge in [-0.2, -0.15) is 5.26 Å². The molecule has 0 atom stereocenters. The SMILES string of the molecule is Cc1cc([S+](c2ccccc2)c2ccccc2)cc(C)c1OCCC(=O)OC(C)(C)c1ccc(C#N)cc1. The monoisotopic (exact) mass is 522 g/mol. The van der Waals surface area contributed by atoms with Crippen LogP contribution in [0.3, 0.4) is 0 Å². The summed E-state index contributed by atoms with van der Waals surface area (Å²) in [5.74, 6) is 0.471. The van der Waals surface area contributed by atoms with Gasteiger partial charge in [0.2, 0.25) is 0 Å². The molecule has 0 aromatic heterocycles. The molecule has 0 aliphatic heterocycles. The first-order valence-corrected chi connectivity index (χ1v) is 13.8. The molecule has 0 amide bonds. The molecule has 0 bridgehead atoms. The van der Waals surface area contributed by atoms with E-state index >= 15 is 0 Å². The quantitative estimate of drug-likeness (QED) is 0.168. The van der Waals surface area contributed by atoms with Gasteiger partial charge in [-0.3, -0.25) is 4.79 Å². The van der Waals surface area contributed by atoms with E-state index in [2.05, 4.69) is 80.6 Å². The summed E-state index contributed by atoms with van der Waals surface area (Å²) in [6.07, 6.45) is 0.138. The van der Waals surface area contributed by atoms with E-state index in [0.29, 0.717) is 5.56 Å². The van der Waals surface area contributed by atoms with Gasteiger partial charge >= 0.3 is 5.97 Å². The Hall–Kier alpha value is -4.01. The lowest BCUT2D eigenvalue weighted by Crippen LogP contribution is -2.26. The molecule has 4 rings (SSSR count). The molecule has 4 aromatic carbocycles. The van der Waals surface area contributed by atoms with Crippen molar-refractivity contribution in [3.63, 3.8) is 0 Å². The third kappa shape index (κ3) is 6.45. The number of benzene rings is 4. The first-order valence-electron chi connectivity index (χ1n) is 12.6. The van der Waals surface area contributed by atoms with Gasteiger partial charge in [-0.25, -0.2) is 0 Å². The Labute approximate surface area is 228 Å². The van der Waals surface area contributed by atoms with Gasteiger partial charge < -0.3 is 9.47 Å². The van der Waals surface area contributed by atoms with Crippen molar-refractivity contribution in [3.05, 3.63) is 119 Å². The molecule has 0 aliphatic rings. The number of carbonyl (C=O) groups excluding carboxylic acids is 1. The molecule has 0 aliphatic carbocycles. The van der Waals surface area contributed by atoms with E-state index < -0.39 is 5.60 Å². The summed E-state index contributed by atoms with van der Waals surface area (Å²) < 4.78 is 11.8. The molecule has 0 saturated heterocycles. The lowest BCUT2D eigenvalue weighted by Gasteiger charge is -2.26. The molecule has 0 heterocycles. The van der Waals surface area contributed by atoms with E-state index in [1.54, 1.807) is 12.1 Å². The maximum absolute atomic E-state index is 12.6. The molecular weight excluding hydrogens is 490 g/mol. The lowest BCUT2D eigenvalue weighted by atomic mass is 9.97. The normalized spacial score (nSPS) is 11.2. The minimum Gasteiger partial charge on any atom is -0.492 e. The Morgan fingerprint density at radius 3 is 1.84 bits per heavy atom. The van der Waals surface area contributed by atoms with Gasteiger partial charge in [-0.15, -0.1) is 0 Å². The Morgan fingerprint density at radius 1 is 0.816 bits per heavy atom. The zero-order valence-electron chi connectivity index (χ0n) is 22.2. The standard InChI is InChI=1S/C33H32NO3S/c1-24-21-30(38(28-11-7-5-8-12-28)29-13-9-6-10-14-29)22-25(2)32(24)36-20-19-31(35)37-33(3,4)27-17-15-26(23-34)16-18-27/h5-18,21-22H,19-20H2,1-4H3/q+1. The van der Waals surface area contributed by atoms with Gasteiger partial charge in [0.25, 0.3) is 0 Å². The lowest BCUT2D eigenvalue weighted by molar-refractivity contribution is -0.158. The van der Waals surface area contributed by atoms with Crippen LogP contribution in [0.2, 0.25) is 0 Å². The minimum absolute atomic E-state index is 0.138. The highest BCUT2D eigenvalue weighted by molar-refractivity contribution is 7.97. The largest absolute Gasteiger partial charge is 0.492 e. The van der Waals surface area contributed by atoms with Crippen LogP contribution >= 0.6 is 0 Å². The highest BCUT2D eigenvalue weighted by Gasteiger charge is 2.30. The van der Waals surface area contributed by atoms with Gasteiger partial charge in [0.15, 0.2) is 14.7 Å². The molecule has 5 heteroatoms. The third-order valence-electron chi connectivity index (χ3n) is 6.26. The number of nitriles is 1. The van der Waals surface area contributed by atoms with Crippen LogP contribution < -0.4 is 4.74 Å². The highest BCUT2D eigenvalue weighted by Crippen LogP contribution is 2.35. The Morgan fingerprint density at radius 2 is 1.34 bits per heavy atom. The van der Waals surface area contributed by atoms with E-state index in [1.165, 1.54) is 14.7 Å². The Bertz CT molecular complexity index is 1360. The molecule has 0 N–H and O–H groups in total. The number of esters is 1. The fourth-order valence-corrected chi connectivity index (χ4v) is 6.62. The average molecular weight is 523 g/mol. The second-order valence-electron chi connectivity index (χ2n) is 9.59. The number of aryl methyl sites for hydroxylation is 2. The first kappa shape index (κ1) is 27.0. The van der Waals surface area contributed by atoms with Crippen LogP contribution in [0.1, 0.15) is 42.5 Å². The second-order valence-corrected chi connectivity index (χ2v) is 11.6. The van der Waals surface area contributed by atoms with Crippen LogP contribution in [0.5, 0.6) is 5.75 Å². The number of hydrogen-bond donors (Lipinski definition) is 0. The topological polar surface area (TPSA) is 59.3 Å². The van der Waals surface area contributed by atoms with Crippen LogP contribution in [0.4, 0.5) is 0 Å². The number of rotatable bonds is 9. The molecular formula is C33H32NO3S+. The molecule has 4 aromatic rings. The fraction of sp³-hybridized carbons (Fsp3) is 0.212. The van der Waals surface area contributed by atoms with Crippen molar-refractivity contribution in [3.8, 4) is 11.8 Å². The smallest absolute Gasteiger partial charge is 0.310 e. The third-order valence-corrected chi connectivity index (χ3v) is 8.45. The molecule has 192 valence electrons. The van der Waals surface area contributed by atoms with E-state index in [0.717, 1.165) is 22.4 Å². The maximum Gasteiger partial charge on any atom is 0.310 e. The Kier molecular flexibility index (Phi) is 8.55. The second kappa shape index (κ2) is 12.0. The fourth-order valence-electron chi connectivity index (χ4n) is 4.35. The van der Waals surface area contributed by atoms with Crippen molar-refractivity contribution in [2.24, 2.45) is 0 Å². The van der Waals surface area contributed by atoms with Crippen LogP contribution in [0.25, 0.3) is 0 Å². The van der Waals surface area contributed by atoms with Gasteiger partial charge in [-0.1, -0.05) is 48.5 Å². The molecule has 0 spiro atoms. The van der Waals surface area contributed by atoms with Crippen LogP contribution in [0, 0.1) is 25.2 Å². The Balaban J connectivity index is 1.45.